The number of amides is 1. The molecule has 5 nitrogen and oxygen atoms in total. The van der Waals surface area contributed by atoms with Crippen LogP contribution in [-0.2, 0) is 4.79 Å². The van der Waals surface area contributed by atoms with Gasteiger partial charge >= 0.3 is 5.97 Å². The fraction of sp³-hybridized carbons (Fsp3) is 0.417. The molecular weight excluding hydrogens is 300 g/mol. The van der Waals surface area contributed by atoms with E-state index in [0.29, 0.717) is 29.4 Å². The molecule has 0 aliphatic carbocycles. The summed E-state index contributed by atoms with van der Waals surface area (Å²) < 4.78 is 0.699. The Kier molecular flexibility index (Phi) is 3.38. The minimum absolute atomic E-state index is 0.286. The first-order valence-electron chi connectivity index (χ1n) is 5.61. The van der Waals surface area contributed by atoms with E-state index in [1.807, 2.05) is 0 Å². The molecule has 2 heterocycles. The third-order valence-electron chi connectivity index (χ3n) is 3.30. The first kappa shape index (κ1) is 13.0. The first-order chi connectivity index (χ1) is 8.45. The van der Waals surface area contributed by atoms with Gasteiger partial charge in [0.15, 0.2) is 0 Å². The Bertz CT molecular complexity index is 506. The van der Waals surface area contributed by atoms with Gasteiger partial charge in [0, 0.05) is 23.4 Å². The van der Waals surface area contributed by atoms with Gasteiger partial charge in [-0.05, 0) is 41.8 Å². The van der Waals surface area contributed by atoms with Crippen LogP contribution in [0.3, 0.4) is 0 Å². The molecule has 1 aromatic rings. The Balaban J connectivity index is 2.32. The molecule has 6 heteroatoms. The number of likely N-dealkylation sites (tertiary alicyclic amines) is 1. The van der Waals surface area contributed by atoms with E-state index in [4.69, 9.17) is 0 Å². The summed E-state index contributed by atoms with van der Waals surface area (Å²) in [6, 6.07) is 1.65. The van der Waals surface area contributed by atoms with Gasteiger partial charge < -0.3 is 10.0 Å². The maximum atomic E-state index is 12.3. The van der Waals surface area contributed by atoms with Crippen molar-refractivity contribution < 1.29 is 14.7 Å². The van der Waals surface area contributed by atoms with Gasteiger partial charge in [0.1, 0.15) is 5.54 Å². The van der Waals surface area contributed by atoms with Gasteiger partial charge in [-0.3, -0.25) is 9.78 Å². The van der Waals surface area contributed by atoms with E-state index in [1.54, 1.807) is 19.2 Å². The van der Waals surface area contributed by atoms with E-state index in [1.165, 1.54) is 11.1 Å². The standard InChI is InChI=1S/C12H13BrN2O3/c1-12(11(17)18)3-2-4-15(12)10(16)8-5-9(13)7-14-6-8/h5-7H,2-4H2,1H3,(H,17,18). The van der Waals surface area contributed by atoms with Crippen molar-refractivity contribution in [1.82, 2.24) is 9.88 Å². The molecule has 1 atom stereocenters. The number of nitrogens with zero attached hydrogens (tertiary/aromatic N) is 2. The summed E-state index contributed by atoms with van der Waals surface area (Å²) in [5.74, 6) is -1.25. The quantitative estimate of drug-likeness (QED) is 0.905. The fourth-order valence-electron chi connectivity index (χ4n) is 2.20. The molecule has 1 amide bonds. The lowest BCUT2D eigenvalue weighted by Crippen LogP contribution is -2.50. The molecule has 1 N–H and O–H groups in total. The molecule has 0 aromatic carbocycles. The summed E-state index contributed by atoms with van der Waals surface area (Å²) >= 11 is 3.25. The summed E-state index contributed by atoms with van der Waals surface area (Å²) in [6.45, 7) is 2.06. The van der Waals surface area contributed by atoms with Crippen molar-refractivity contribution in [2.75, 3.05) is 6.54 Å². The largest absolute Gasteiger partial charge is 0.480 e. The molecule has 1 aliphatic heterocycles. The van der Waals surface area contributed by atoms with Crippen LogP contribution in [0, 0.1) is 0 Å². The van der Waals surface area contributed by atoms with Crippen molar-refractivity contribution in [3.05, 3.63) is 28.5 Å². The average molecular weight is 313 g/mol. The van der Waals surface area contributed by atoms with Gasteiger partial charge in [0.05, 0.1) is 5.56 Å². The Morgan fingerprint density at radius 1 is 1.50 bits per heavy atom. The summed E-state index contributed by atoms with van der Waals surface area (Å²) in [6.07, 6.45) is 4.22. The molecule has 1 aromatic heterocycles. The normalized spacial score (nSPS) is 23.1. The Labute approximate surface area is 113 Å². The van der Waals surface area contributed by atoms with Crippen molar-refractivity contribution in [3.63, 3.8) is 0 Å². The van der Waals surface area contributed by atoms with Crippen LogP contribution in [0.2, 0.25) is 0 Å². The minimum Gasteiger partial charge on any atom is -0.480 e. The van der Waals surface area contributed by atoms with Gasteiger partial charge in [0.25, 0.3) is 5.91 Å². The number of pyridine rings is 1. The maximum Gasteiger partial charge on any atom is 0.329 e. The highest BCUT2D eigenvalue weighted by molar-refractivity contribution is 9.10. The van der Waals surface area contributed by atoms with E-state index in [0.717, 1.165) is 0 Å². The number of hydrogen-bond donors (Lipinski definition) is 1. The molecule has 96 valence electrons. The summed E-state index contributed by atoms with van der Waals surface area (Å²) in [5, 5.41) is 9.27. The van der Waals surface area contributed by atoms with Crippen molar-refractivity contribution in [2.24, 2.45) is 0 Å². The molecule has 1 unspecified atom stereocenters. The number of carboxylic acids is 1. The number of hydrogen-bond acceptors (Lipinski definition) is 3. The number of carbonyl (C=O) groups excluding carboxylic acids is 1. The SMILES string of the molecule is CC1(C(=O)O)CCCN1C(=O)c1cncc(Br)c1. The van der Waals surface area contributed by atoms with Crippen LogP contribution in [0.15, 0.2) is 22.9 Å². The van der Waals surface area contributed by atoms with E-state index >= 15 is 0 Å². The smallest absolute Gasteiger partial charge is 0.329 e. The van der Waals surface area contributed by atoms with E-state index in [-0.39, 0.29) is 5.91 Å². The molecule has 1 fully saturated rings. The first-order valence-corrected chi connectivity index (χ1v) is 6.40. The molecule has 0 radical (unpaired) electrons. The second kappa shape index (κ2) is 4.68. The van der Waals surface area contributed by atoms with Crippen LogP contribution < -0.4 is 0 Å². The summed E-state index contributed by atoms with van der Waals surface area (Å²) in [7, 11) is 0. The number of halogens is 1. The number of aromatic nitrogens is 1. The average Bonchev–Trinajstić information content (AvgIpc) is 2.72. The molecule has 1 aliphatic rings. The second-order valence-electron chi connectivity index (χ2n) is 4.53. The zero-order valence-electron chi connectivity index (χ0n) is 9.89. The lowest BCUT2D eigenvalue weighted by molar-refractivity contribution is -0.147. The molecule has 2 rings (SSSR count). The molecule has 0 saturated carbocycles. The number of carbonyl (C=O) groups is 2. The fourth-order valence-corrected chi connectivity index (χ4v) is 2.56. The van der Waals surface area contributed by atoms with Crippen LogP contribution in [0.5, 0.6) is 0 Å². The maximum absolute atomic E-state index is 12.3. The highest BCUT2D eigenvalue weighted by Gasteiger charge is 2.46. The van der Waals surface area contributed by atoms with Gasteiger partial charge in [-0.2, -0.15) is 0 Å². The van der Waals surface area contributed by atoms with Crippen LogP contribution in [-0.4, -0.2) is 39.0 Å². The van der Waals surface area contributed by atoms with Crippen molar-refractivity contribution in [1.29, 1.82) is 0 Å². The third kappa shape index (κ3) is 2.12. The molecular formula is C12H13BrN2O3. The summed E-state index contributed by atoms with van der Waals surface area (Å²) in [4.78, 5) is 29.0. The summed E-state index contributed by atoms with van der Waals surface area (Å²) in [5.41, 5.74) is -0.710. The molecule has 18 heavy (non-hydrogen) atoms. The predicted molar refractivity (Wildman–Crippen MR) is 68.2 cm³/mol. The van der Waals surface area contributed by atoms with Gasteiger partial charge in [-0.1, -0.05) is 0 Å². The third-order valence-corrected chi connectivity index (χ3v) is 3.73. The Morgan fingerprint density at radius 3 is 2.83 bits per heavy atom. The van der Waals surface area contributed by atoms with Gasteiger partial charge in [-0.25, -0.2) is 4.79 Å². The van der Waals surface area contributed by atoms with Crippen molar-refractivity contribution >= 4 is 27.8 Å². The molecule has 1 saturated heterocycles. The monoisotopic (exact) mass is 312 g/mol. The van der Waals surface area contributed by atoms with Crippen LogP contribution in [0.25, 0.3) is 0 Å². The minimum atomic E-state index is -1.11. The molecule has 0 spiro atoms. The number of rotatable bonds is 2. The van der Waals surface area contributed by atoms with E-state index in [2.05, 4.69) is 20.9 Å². The Hall–Kier alpha value is -1.43. The van der Waals surface area contributed by atoms with Crippen LogP contribution in [0.4, 0.5) is 0 Å². The number of carboxylic acid groups (broad SMARTS) is 1. The predicted octanol–water partition coefficient (Wildman–Crippen LogP) is 1.92. The highest BCUT2D eigenvalue weighted by Crippen LogP contribution is 2.30. The van der Waals surface area contributed by atoms with Crippen molar-refractivity contribution in [3.8, 4) is 0 Å². The van der Waals surface area contributed by atoms with E-state index in [9.17, 15) is 14.7 Å². The van der Waals surface area contributed by atoms with Gasteiger partial charge in [-0.15, -0.1) is 0 Å². The van der Waals surface area contributed by atoms with Crippen molar-refractivity contribution in [2.45, 2.75) is 25.3 Å². The lowest BCUT2D eigenvalue weighted by Gasteiger charge is -2.31. The number of aliphatic carboxylic acids is 1. The highest BCUT2D eigenvalue weighted by atomic mass is 79.9. The second-order valence-corrected chi connectivity index (χ2v) is 5.45. The topological polar surface area (TPSA) is 70.5 Å². The van der Waals surface area contributed by atoms with Gasteiger partial charge in [0.2, 0.25) is 0 Å². The lowest BCUT2D eigenvalue weighted by atomic mass is 9.99. The zero-order chi connectivity index (χ0) is 13.3. The Morgan fingerprint density at radius 2 is 2.22 bits per heavy atom. The molecule has 0 bridgehead atoms. The van der Waals surface area contributed by atoms with E-state index < -0.39 is 11.5 Å². The van der Waals surface area contributed by atoms with Crippen LogP contribution >= 0.6 is 15.9 Å². The van der Waals surface area contributed by atoms with Crippen LogP contribution in [0.1, 0.15) is 30.1 Å². The zero-order valence-corrected chi connectivity index (χ0v) is 11.5.